The van der Waals surface area contributed by atoms with Crippen molar-refractivity contribution >= 4 is 17.6 Å². The topological polar surface area (TPSA) is 81.8 Å². The largest absolute Gasteiger partial charge is 0.381 e. The molecule has 2 aliphatic heterocycles. The number of hydrogen-bond donors (Lipinski definition) is 1. The second-order valence-electron chi connectivity index (χ2n) is 9.35. The third-order valence-corrected chi connectivity index (χ3v) is 7.26. The Morgan fingerprint density at radius 2 is 1.91 bits per heavy atom. The first-order chi connectivity index (χ1) is 17.0. The molecule has 2 aliphatic rings. The molecule has 1 N–H and O–H groups in total. The Morgan fingerprint density at radius 1 is 1.14 bits per heavy atom. The van der Waals surface area contributed by atoms with Crippen molar-refractivity contribution < 1.29 is 14.3 Å². The molecule has 0 saturated carbocycles. The van der Waals surface area contributed by atoms with Gasteiger partial charge in [-0.1, -0.05) is 24.3 Å². The number of benzene rings is 2. The van der Waals surface area contributed by atoms with E-state index in [0.717, 1.165) is 35.2 Å². The number of H-pyrrole nitrogens is 1. The molecule has 0 aliphatic carbocycles. The van der Waals surface area contributed by atoms with Crippen LogP contribution in [0.2, 0.25) is 0 Å². The Labute approximate surface area is 205 Å². The van der Waals surface area contributed by atoms with Crippen LogP contribution in [-0.2, 0) is 11.3 Å². The predicted molar refractivity (Wildman–Crippen MR) is 134 cm³/mol. The van der Waals surface area contributed by atoms with Crippen molar-refractivity contribution in [2.45, 2.75) is 31.8 Å². The lowest BCUT2D eigenvalue weighted by Gasteiger charge is -2.40. The van der Waals surface area contributed by atoms with E-state index in [1.807, 2.05) is 71.5 Å². The summed E-state index contributed by atoms with van der Waals surface area (Å²) >= 11 is 0. The number of carbonyl (C=O) groups is 2. The number of hydrogen-bond acceptors (Lipinski definition) is 4. The predicted octanol–water partition coefficient (Wildman–Crippen LogP) is 4.16. The molecule has 0 atom stereocenters. The molecule has 2 aromatic carbocycles. The fraction of sp³-hybridized carbons (Fsp3) is 0.370. The molecule has 0 radical (unpaired) electrons. The van der Waals surface area contributed by atoms with E-state index in [2.05, 4.69) is 10.2 Å². The summed E-state index contributed by atoms with van der Waals surface area (Å²) < 4.78 is 5.66. The maximum Gasteiger partial charge on any atom is 0.325 e. The number of anilines is 1. The standard InChI is InChI=1S/C27H31N5O3/c1-3-30(2)25(33)22-6-4-5-20(15-22)18-32-26(34)31(19-27(32)11-13-35-14-12-27)24-9-7-21(8-10-24)23-16-28-29-17-23/h4-10,15-17H,3,11-14,18-19H2,1-2H3,(H,28,29). The average molecular weight is 474 g/mol. The molecule has 1 aromatic heterocycles. The van der Waals surface area contributed by atoms with Crippen LogP contribution < -0.4 is 4.90 Å². The van der Waals surface area contributed by atoms with Crippen molar-refractivity contribution in [2.24, 2.45) is 0 Å². The van der Waals surface area contributed by atoms with Gasteiger partial charge in [0.1, 0.15) is 0 Å². The molecule has 8 nitrogen and oxygen atoms in total. The van der Waals surface area contributed by atoms with E-state index >= 15 is 0 Å². The molecule has 2 saturated heterocycles. The number of nitrogens with zero attached hydrogens (tertiary/aromatic N) is 4. The van der Waals surface area contributed by atoms with Gasteiger partial charge in [0.25, 0.3) is 5.91 Å². The van der Waals surface area contributed by atoms with Crippen LogP contribution in [0.1, 0.15) is 35.7 Å². The minimum absolute atomic E-state index is 0.00892. The van der Waals surface area contributed by atoms with Crippen LogP contribution >= 0.6 is 0 Å². The van der Waals surface area contributed by atoms with Gasteiger partial charge in [-0.15, -0.1) is 0 Å². The highest BCUT2D eigenvalue weighted by Gasteiger charge is 2.50. The third-order valence-electron chi connectivity index (χ3n) is 7.26. The van der Waals surface area contributed by atoms with E-state index < -0.39 is 0 Å². The van der Waals surface area contributed by atoms with E-state index in [0.29, 0.717) is 38.4 Å². The molecule has 182 valence electrons. The zero-order chi connectivity index (χ0) is 24.4. The molecule has 5 rings (SSSR count). The first-order valence-electron chi connectivity index (χ1n) is 12.1. The summed E-state index contributed by atoms with van der Waals surface area (Å²) in [5.41, 5.74) is 4.24. The lowest BCUT2D eigenvalue weighted by atomic mass is 9.88. The molecule has 3 amide bonds. The summed E-state index contributed by atoms with van der Waals surface area (Å²) in [4.78, 5) is 32.0. The van der Waals surface area contributed by atoms with Crippen molar-refractivity contribution in [3.63, 3.8) is 0 Å². The number of aromatic amines is 1. The van der Waals surface area contributed by atoms with Crippen LogP contribution in [-0.4, -0.2) is 70.8 Å². The summed E-state index contributed by atoms with van der Waals surface area (Å²) in [7, 11) is 1.80. The fourth-order valence-corrected chi connectivity index (χ4v) is 5.00. The fourth-order valence-electron chi connectivity index (χ4n) is 5.00. The van der Waals surface area contributed by atoms with Gasteiger partial charge in [-0.25, -0.2) is 4.79 Å². The summed E-state index contributed by atoms with van der Waals surface area (Å²) in [5, 5.41) is 6.85. The number of aromatic nitrogens is 2. The lowest BCUT2D eigenvalue weighted by molar-refractivity contribution is 0.00611. The molecule has 2 fully saturated rings. The Morgan fingerprint density at radius 3 is 2.60 bits per heavy atom. The van der Waals surface area contributed by atoms with E-state index in [1.54, 1.807) is 18.1 Å². The number of carbonyl (C=O) groups excluding carboxylic acids is 2. The molecular weight excluding hydrogens is 442 g/mol. The summed E-state index contributed by atoms with van der Waals surface area (Å²) in [6.07, 6.45) is 5.22. The lowest BCUT2D eigenvalue weighted by Crippen LogP contribution is -2.50. The summed E-state index contributed by atoms with van der Waals surface area (Å²) in [6.45, 7) is 4.95. The highest BCUT2D eigenvalue weighted by Crippen LogP contribution is 2.39. The van der Waals surface area contributed by atoms with Crippen LogP contribution in [0.15, 0.2) is 60.9 Å². The summed E-state index contributed by atoms with van der Waals surface area (Å²) in [6, 6.07) is 15.7. The van der Waals surface area contributed by atoms with Gasteiger partial charge in [0.2, 0.25) is 0 Å². The zero-order valence-electron chi connectivity index (χ0n) is 20.2. The Bertz CT molecular complexity index is 1190. The Hall–Kier alpha value is -3.65. The SMILES string of the molecule is CCN(C)C(=O)c1cccc(CN2C(=O)N(c3ccc(-c4cn[nH]c4)cc3)CC23CCOCC3)c1. The van der Waals surface area contributed by atoms with Crippen molar-refractivity contribution in [3.05, 3.63) is 72.1 Å². The van der Waals surface area contributed by atoms with Gasteiger partial charge in [-0.05, 0) is 55.2 Å². The molecular formula is C27H31N5O3. The van der Waals surface area contributed by atoms with E-state index in [1.165, 1.54) is 0 Å². The van der Waals surface area contributed by atoms with Crippen LogP contribution in [0.4, 0.5) is 10.5 Å². The molecule has 35 heavy (non-hydrogen) atoms. The quantitative estimate of drug-likeness (QED) is 0.583. The zero-order valence-corrected chi connectivity index (χ0v) is 20.2. The monoisotopic (exact) mass is 473 g/mol. The van der Waals surface area contributed by atoms with Gasteiger partial charge in [0, 0.05) is 56.4 Å². The average Bonchev–Trinajstić information content (AvgIpc) is 3.52. The van der Waals surface area contributed by atoms with Crippen molar-refractivity contribution in [3.8, 4) is 11.1 Å². The van der Waals surface area contributed by atoms with E-state index in [4.69, 9.17) is 4.74 Å². The number of amides is 3. The van der Waals surface area contributed by atoms with Gasteiger partial charge >= 0.3 is 6.03 Å². The van der Waals surface area contributed by atoms with E-state index in [9.17, 15) is 9.59 Å². The number of urea groups is 1. The third kappa shape index (κ3) is 4.41. The highest BCUT2D eigenvalue weighted by molar-refractivity contribution is 5.96. The highest BCUT2D eigenvalue weighted by atomic mass is 16.5. The smallest absolute Gasteiger partial charge is 0.325 e. The van der Waals surface area contributed by atoms with Gasteiger partial charge in [-0.3, -0.25) is 14.8 Å². The first kappa shape index (κ1) is 23.1. The number of ether oxygens (including phenoxy) is 1. The van der Waals surface area contributed by atoms with Crippen LogP contribution in [0.25, 0.3) is 11.1 Å². The van der Waals surface area contributed by atoms with Crippen molar-refractivity contribution in [2.75, 3.05) is 38.3 Å². The minimum atomic E-state index is -0.293. The second-order valence-corrected chi connectivity index (χ2v) is 9.35. The Balaban J connectivity index is 1.42. The Kier molecular flexibility index (Phi) is 6.30. The minimum Gasteiger partial charge on any atom is -0.381 e. The van der Waals surface area contributed by atoms with Crippen LogP contribution in [0.5, 0.6) is 0 Å². The van der Waals surface area contributed by atoms with Crippen LogP contribution in [0, 0.1) is 0 Å². The van der Waals surface area contributed by atoms with Gasteiger partial charge in [-0.2, -0.15) is 5.10 Å². The van der Waals surface area contributed by atoms with Gasteiger partial charge in [0.15, 0.2) is 0 Å². The molecule has 3 heterocycles. The van der Waals surface area contributed by atoms with Crippen molar-refractivity contribution in [1.29, 1.82) is 0 Å². The number of nitrogens with one attached hydrogen (secondary N) is 1. The molecule has 1 spiro atoms. The van der Waals surface area contributed by atoms with Gasteiger partial charge in [0.05, 0.1) is 18.3 Å². The first-order valence-corrected chi connectivity index (χ1v) is 12.1. The summed E-state index contributed by atoms with van der Waals surface area (Å²) in [5.74, 6) is -0.0118. The normalized spacial score (nSPS) is 17.3. The second kappa shape index (κ2) is 9.54. The molecule has 0 bridgehead atoms. The molecule has 0 unspecified atom stereocenters. The van der Waals surface area contributed by atoms with E-state index in [-0.39, 0.29) is 17.5 Å². The maximum atomic E-state index is 13.8. The molecule has 3 aromatic rings. The maximum absolute atomic E-state index is 13.8. The molecule has 8 heteroatoms. The van der Waals surface area contributed by atoms with Crippen molar-refractivity contribution in [1.82, 2.24) is 20.0 Å². The number of rotatable bonds is 6. The van der Waals surface area contributed by atoms with Crippen LogP contribution in [0.3, 0.4) is 0 Å². The van der Waals surface area contributed by atoms with Gasteiger partial charge < -0.3 is 14.5 Å².